The number of hydrogen-bond acceptors (Lipinski definition) is 11. The zero-order chi connectivity index (χ0) is 26.3. The molecule has 5 N–H and O–H groups in total. The molecule has 0 saturated carbocycles. The van der Waals surface area contributed by atoms with E-state index in [1.807, 2.05) is 0 Å². The van der Waals surface area contributed by atoms with Gasteiger partial charge in [-0.1, -0.05) is 0 Å². The number of hydrogen-bond donors (Lipinski definition) is 4. The van der Waals surface area contributed by atoms with Crippen LogP contribution in [-0.2, 0) is 23.4 Å². The van der Waals surface area contributed by atoms with E-state index < -0.39 is 64.7 Å². The molecule has 0 spiro atoms. The number of nitrogen functional groups attached to an aromatic ring is 1. The molecule has 0 bridgehead atoms. The number of carbonyl (C=O) groups is 1. The average Bonchev–Trinajstić information content (AvgIpc) is 3.19. The van der Waals surface area contributed by atoms with Crippen molar-refractivity contribution in [3.05, 3.63) is 6.33 Å². The summed E-state index contributed by atoms with van der Waals surface area (Å²) in [5.41, 5.74) is 5.70. The van der Waals surface area contributed by atoms with Gasteiger partial charge in [-0.3, -0.25) is 13.9 Å². The normalized spacial score (nSPS) is 15.7. The maximum atomic E-state index is 13.9. The lowest BCUT2D eigenvalue weighted by Gasteiger charge is -2.28. The maximum absolute atomic E-state index is 13.9. The molecule has 35 heavy (non-hydrogen) atoms. The van der Waals surface area contributed by atoms with E-state index >= 15 is 0 Å². The van der Waals surface area contributed by atoms with Gasteiger partial charge in [-0.25, -0.2) is 14.5 Å². The van der Waals surface area contributed by atoms with Gasteiger partial charge >= 0.3 is 12.1 Å². The van der Waals surface area contributed by atoms with E-state index in [0.717, 1.165) is 10.9 Å². The third-order valence-corrected chi connectivity index (χ3v) is 5.15. The van der Waals surface area contributed by atoms with E-state index in [1.165, 1.54) is 7.05 Å². The van der Waals surface area contributed by atoms with Gasteiger partial charge in [0.05, 0.1) is 19.0 Å². The lowest BCUT2D eigenvalue weighted by molar-refractivity contribution is -0.252. The molecule has 0 aromatic carbocycles. The lowest BCUT2D eigenvalue weighted by atomic mass is 10.2. The number of halogens is 4. The largest absolute Gasteiger partial charge is 0.462 e. The van der Waals surface area contributed by atoms with Crippen molar-refractivity contribution >= 4 is 37.1 Å². The smallest absolute Gasteiger partial charge is 0.417 e. The molecule has 13 nitrogen and oxygen atoms in total. The van der Waals surface area contributed by atoms with Crippen molar-refractivity contribution < 1.29 is 46.0 Å². The Labute approximate surface area is 197 Å². The molecule has 2 aromatic rings. The third kappa shape index (κ3) is 7.96. The van der Waals surface area contributed by atoms with Gasteiger partial charge in [0.2, 0.25) is 5.95 Å². The molecule has 0 aliphatic heterocycles. The van der Waals surface area contributed by atoms with Gasteiger partial charge < -0.3 is 30.2 Å². The second-order valence-corrected chi connectivity index (χ2v) is 8.48. The van der Waals surface area contributed by atoms with E-state index in [1.54, 1.807) is 13.8 Å². The van der Waals surface area contributed by atoms with Crippen LogP contribution in [0.4, 0.5) is 29.3 Å². The highest BCUT2D eigenvalue weighted by atomic mass is 31.1. The number of rotatable bonds is 13. The number of nitrogens with zero attached hydrogens (tertiary/aromatic N) is 4. The minimum Gasteiger partial charge on any atom is -0.462 e. The Bertz CT molecular complexity index is 1020. The van der Waals surface area contributed by atoms with Crippen molar-refractivity contribution in [2.45, 2.75) is 44.6 Å². The van der Waals surface area contributed by atoms with Crippen molar-refractivity contribution in [1.82, 2.24) is 24.6 Å². The topological polar surface area (TPSA) is 176 Å². The van der Waals surface area contributed by atoms with Crippen LogP contribution in [-0.4, -0.2) is 82.0 Å². The standard InChI is InChI=1S/C17H26F4N7O6P/c1-8(2)33-11(29)5-25-35(31)32-6-9(13(30)17(19,20)21)34-10(4-18)28-7-24-12-14(23-3)26-16(22)27-15(12)28/h7-10,13,30,35H,4-6H2,1-3H3,(H,25,31)(H3,22,23,26,27)/t9-,10-,13-/m1/s1. The van der Waals surface area contributed by atoms with Gasteiger partial charge in [-0.15, -0.1) is 0 Å². The SMILES string of the molecule is CNc1nc(N)nc2c1ncn2[C@@H](CF)O[C@H](CO[PH](=O)NCC(=O)OC(C)C)[C@@H](O)C(F)(F)F. The second kappa shape index (κ2) is 12.4. The quantitative estimate of drug-likeness (QED) is 0.165. The fourth-order valence-electron chi connectivity index (χ4n) is 2.77. The predicted molar refractivity (Wildman–Crippen MR) is 115 cm³/mol. The number of nitrogens with two attached hydrogens (primary N) is 1. The van der Waals surface area contributed by atoms with Gasteiger partial charge in [0.1, 0.15) is 19.3 Å². The van der Waals surface area contributed by atoms with Crippen molar-refractivity contribution in [1.29, 1.82) is 0 Å². The molecule has 0 aliphatic rings. The summed E-state index contributed by atoms with van der Waals surface area (Å²) in [6, 6.07) is 0. The molecule has 2 aromatic heterocycles. The number of esters is 1. The number of fused-ring (bicyclic) bond motifs is 1. The Morgan fingerprint density at radius 1 is 1.34 bits per heavy atom. The van der Waals surface area contributed by atoms with Crippen LogP contribution in [0, 0.1) is 0 Å². The summed E-state index contributed by atoms with van der Waals surface area (Å²) in [5, 5.41) is 14.6. The number of aromatic nitrogens is 4. The van der Waals surface area contributed by atoms with Crippen LogP contribution < -0.4 is 16.1 Å². The number of aliphatic hydroxyl groups excluding tert-OH is 1. The molecule has 0 aliphatic carbocycles. The first-order chi connectivity index (χ1) is 16.4. The zero-order valence-electron chi connectivity index (χ0n) is 18.9. The minimum absolute atomic E-state index is 0.0513. The molecule has 0 fully saturated rings. The highest BCUT2D eigenvalue weighted by Crippen LogP contribution is 2.30. The molecule has 2 rings (SSSR count). The summed E-state index contributed by atoms with van der Waals surface area (Å²) in [4.78, 5) is 23.3. The highest BCUT2D eigenvalue weighted by molar-refractivity contribution is 7.36. The molecule has 1 unspecified atom stereocenters. The number of aliphatic hydroxyl groups is 1. The minimum atomic E-state index is -5.18. The van der Waals surface area contributed by atoms with Crippen LogP contribution in [0.3, 0.4) is 0 Å². The Morgan fingerprint density at radius 3 is 2.60 bits per heavy atom. The van der Waals surface area contributed by atoms with Gasteiger partial charge in [-0.05, 0) is 13.8 Å². The molecular formula is C17H26F4N7O6P. The van der Waals surface area contributed by atoms with Crippen molar-refractivity contribution in [3.63, 3.8) is 0 Å². The summed E-state index contributed by atoms with van der Waals surface area (Å²) in [7, 11) is -1.75. The van der Waals surface area contributed by atoms with Gasteiger partial charge in [0, 0.05) is 7.05 Å². The summed E-state index contributed by atoms with van der Waals surface area (Å²) >= 11 is 0. The Morgan fingerprint density at radius 2 is 2.03 bits per heavy atom. The number of ether oxygens (including phenoxy) is 2. The molecule has 0 saturated heterocycles. The molecule has 198 valence electrons. The fourth-order valence-corrected chi connectivity index (χ4v) is 3.48. The molecule has 4 atom stereocenters. The summed E-state index contributed by atoms with van der Waals surface area (Å²) in [5.74, 6) is -0.812. The number of nitrogens with one attached hydrogen (secondary N) is 2. The van der Waals surface area contributed by atoms with Crippen LogP contribution in [0.15, 0.2) is 6.33 Å². The predicted octanol–water partition coefficient (Wildman–Crippen LogP) is 1.17. The van der Waals surface area contributed by atoms with Crippen molar-refractivity contribution in [2.24, 2.45) is 0 Å². The van der Waals surface area contributed by atoms with Crippen LogP contribution in [0.5, 0.6) is 0 Å². The van der Waals surface area contributed by atoms with Crippen LogP contribution in [0.1, 0.15) is 20.1 Å². The number of anilines is 2. The molecule has 2 heterocycles. The third-order valence-electron chi connectivity index (χ3n) is 4.26. The van der Waals surface area contributed by atoms with E-state index in [2.05, 4.69) is 25.4 Å². The summed E-state index contributed by atoms with van der Waals surface area (Å²) in [6.45, 7) is 0.212. The van der Waals surface area contributed by atoms with Crippen LogP contribution >= 0.6 is 8.18 Å². The summed E-state index contributed by atoms with van der Waals surface area (Å²) < 4.78 is 81.3. The Kier molecular flexibility index (Phi) is 10.1. The van der Waals surface area contributed by atoms with E-state index in [0.29, 0.717) is 0 Å². The zero-order valence-corrected chi connectivity index (χ0v) is 19.9. The first-order valence-corrected chi connectivity index (χ1v) is 11.4. The number of carbonyl (C=O) groups excluding carboxylic acids is 1. The van der Waals surface area contributed by atoms with E-state index in [4.69, 9.17) is 19.7 Å². The van der Waals surface area contributed by atoms with E-state index in [9.17, 15) is 32.0 Å². The van der Waals surface area contributed by atoms with Crippen LogP contribution in [0.2, 0.25) is 0 Å². The van der Waals surface area contributed by atoms with Crippen LogP contribution in [0.25, 0.3) is 11.2 Å². The average molecular weight is 531 g/mol. The van der Waals surface area contributed by atoms with E-state index in [-0.39, 0.29) is 22.9 Å². The van der Waals surface area contributed by atoms with Gasteiger partial charge in [0.15, 0.2) is 29.3 Å². The first kappa shape index (κ1) is 28.6. The fraction of sp³-hybridized carbons (Fsp3) is 0.647. The summed E-state index contributed by atoms with van der Waals surface area (Å²) in [6.07, 6.45) is -11.7. The Balaban J connectivity index is 2.19. The van der Waals surface area contributed by atoms with Crippen molar-refractivity contribution in [3.8, 4) is 0 Å². The lowest BCUT2D eigenvalue weighted by Crippen LogP contribution is -2.45. The van der Waals surface area contributed by atoms with Gasteiger partial charge in [0.25, 0.3) is 8.18 Å². The molecule has 0 amide bonds. The number of alkyl halides is 4. The Hall–Kier alpha value is -2.59. The van der Waals surface area contributed by atoms with Crippen molar-refractivity contribution in [2.75, 3.05) is 37.9 Å². The maximum Gasteiger partial charge on any atom is 0.417 e. The number of imidazole rings is 1. The molecular weight excluding hydrogens is 505 g/mol. The first-order valence-electron chi connectivity index (χ1n) is 10.1. The monoisotopic (exact) mass is 531 g/mol. The molecule has 0 radical (unpaired) electrons. The highest BCUT2D eigenvalue weighted by Gasteiger charge is 2.45. The second-order valence-electron chi connectivity index (χ2n) is 7.27. The molecule has 18 heteroatoms. The van der Waals surface area contributed by atoms with Gasteiger partial charge in [-0.2, -0.15) is 23.1 Å².